The summed E-state index contributed by atoms with van der Waals surface area (Å²) in [5.74, 6) is 0.375. The molecule has 1 fully saturated rings. The van der Waals surface area contributed by atoms with Gasteiger partial charge in [0.1, 0.15) is 5.69 Å². The van der Waals surface area contributed by atoms with Crippen LogP contribution in [0.5, 0.6) is 11.8 Å². The fourth-order valence-corrected chi connectivity index (χ4v) is 6.00. The monoisotopic (exact) mass is 567 g/mol. The van der Waals surface area contributed by atoms with E-state index in [1.807, 2.05) is 29.8 Å². The Morgan fingerprint density at radius 3 is 2.55 bits per heavy atom. The van der Waals surface area contributed by atoms with Gasteiger partial charge in [0.15, 0.2) is 0 Å². The number of carbonyl (C=O) groups excluding carboxylic acids is 1. The van der Waals surface area contributed by atoms with Crippen LogP contribution in [-0.2, 0) is 26.6 Å². The summed E-state index contributed by atoms with van der Waals surface area (Å²) in [4.78, 5) is 19.1. The van der Waals surface area contributed by atoms with Gasteiger partial charge in [0.25, 0.3) is 10.0 Å². The Morgan fingerprint density at radius 1 is 1.00 bits per heavy atom. The number of benzene rings is 2. The molecule has 0 saturated carbocycles. The van der Waals surface area contributed by atoms with E-state index in [1.165, 1.54) is 20.3 Å². The molecular weight excluding hydrogens is 534 g/mol. The van der Waals surface area contributed by atoms with Gasteiger partial charge < -0.3 is 24.1 Å². The summed E-state index contributed by atoms with van der Waals surface area (Å²) in [6.45, 7) is 4.18. The summed E-state index contributed by atoms with van der Waals surface area (Å²) in [6.07, 6.45) is 1.22. The summed E-state index contributed by atoms with van der Waals surface area (Å²) in [5, 5.41) is 4.66. The number of pyridine rings is 1. The molecule has 0 spiro atoms. The molecular formula is C28H33N5O6S. The highest BCUT2D eigenvalue weighted by Crippen LogP contribution is 2.33. The third-order valence-corrected chi connectivity index (χ3v) is 8.40. The Kier molecular flexibility index (Phi) is 8.10. The van der Waals surface area contributed by atoms with Gasteiger partial charge in [-0.2, -0.15) is 4.98 Å². The van der Waals surface area contributed by atoms with Crippen molar-refractivity contribution in [3.05, 3.63) is 48.5 Å². The second-order valence-corrected chi connectivity index (χ2v) is 11.3. The standard InChI is InChI=1S/C28H33N5O6S/c1-32-24-10-7-20(40(35,36)31-23-9-11-27(37-2)30-28(23)38-3)18-22(24)21-8-6-19(17-25(21)32)29-26(34)5-4-12-33-13-15-39-16-14-33/h6-11,17-18,31H,4-5,12-16H2,1-3H3,(H,29,34). The zero-order valence-electron chi connectivity index (χ0n) is 22.8. The summed E-state index contributed by atoms with van der Waals surface area (Å²) in [7, 11) is 0.845. The number of amides is 1. The molecule has 1 amide bonds. The molecule has 3 heterocycles. The highest BCUT2D eigenvalue weighted by molar-refractivity contribution is 7.92. The van der Waals surface area contributed by atoms with Crippen molar-refractivity contribution in [1.82, 2.24) is 14.5 Å². The van der Waals surface area contributed by atoms with Gasteiger partial charge in [0, 0.05) is 54.6 Å². The predicted molar refractivity (Wildman–Crippen MR) is 154 cm³/mol. The number of methoxy groups -OCH3 is 2. The summed E-state index contributed by atoms with van der Waals surface area (Å²) in [5.41, 5.74) is 2.64. The topological polar surface area (TPSA) is 124 Å². The first-order valence-corrected chi connectivity index (χ1v) is 14.5. The molecule has 5 rings (SSSR count). The lowest BCUT2D eigenvalue weighted by Crippen LogP contribution is -2.37. The molecule has 1 aliphatic heterocycles. The third-order valence-electron chi connectivity index (χ3n) is 7.04. The van der Waals surface area contributed by atoms with E-state index in [2.05, 4.69) is 19.9 Å². The normalized spacial score (nSPS) is 14.4. The Bertz CT molecular complexity index is 1650. The van der Waals surface area contributed by atoms with Crippen LogP contribution in [0, 0.1) is 0 Å². The molecule has 0 bridgehead atoms. The van der Waals surface area contributed by atoms with Crippen molar-refractivity contribution in [2.24, 2.45) is 7.05 Å². The van der Waals surface area contributed by atoms with E-state index in [9.17, 15) is 13.2 Å². The molecule has 12 heteroatoms. The molecule has 0 unspecified atom stereocenters. The first-order chi connectivity index (χ1) is 19.3. The number of hydrogen-bond donors (Lipinski definition) is 2. The minimum absolute atomic E-state index is 0.0331. The van der Waals surface area contributed by atoms with Gasteiger partial charge in [0.05, 0.1) is 37.8 Å². The zero-order valence-corrected chi connectivity index (χ0v) is 23.6. The highest BCUT2D eigenvalue weighted by atomic mass is 32.2. The van der Waals surface area contributed by atoms with Crippen LogP contribution in [-0.4, -0.2) is 75.8 Å². The first kappa shape index (κ1) is 27.7. The van der Waals surface area contributed by atoms with Gasteiger partial charge in [0.2, 0.25) is 17.7 Å². The number of morpholine rings is 1. The van der Waals surface area contributed by atoms with Gasteiger partial charge in [-0.15, -0.1) is 0 Å². The average Bonchev–Trinajstić information content (AvgIpc) is 3.24. The van der Waals surface area contributed by atoms with Crippen LogP contribution in [0.3, 0.4) is 0 Å². The molecule has 40 heavy (non-hydrogen) atoms. The average molecular weight is 568 g/mol. The molecule has 2 aromatic heterocycles. The minimum Gasteiger partial charge on any atom is -0.481 e. The van der Waals surface area contributed by atoms with Gasteiger partial charge in [-0.05, 0) is 49.4 Å². The Morgan fingerprint density at radius 2 is 1.80 bits per heavy atom. The highest BCUT2D eigenvalue weighted by Gasteiger charge is 2.20. The van der Waals surface area contributed by atoms with E-state index < -0.39 is 10.0 Å². The lowest BCUT2D eigenvalue weighted by Gasteiger charge is -2.26. The van der Waals surface area contributed by atoms with Gasteiger partial charge in [-0.3, -0.25) is 14.4 Å². The molecule has 0 aliphatic carbocycles. The van der Waals surface area contributed by atoms with Crippen molar-refractivity contribution in [3.63, 3.8) is 0 Å². The van der Waals surface area contributed by atoms with E-state index in [0.717, 1.165) is 61.1 Å². The van der Waals surface area contributed by atoms with Crippen molar-refractivity contribution >= 4 is 49.1 Å². The minimum atomic E-state index is -3.95. The number of nitrogens with one attached hydrogen (secondary N) is 2. The van der Waals surface area contributed by atoms with E-state index in [1.54, 1.807) is 24.3 Å². The lowest BCUT2D eigenvalue weighted by molar-refractivity contribution is -0.116. The van der Waals surface area contributed by atoms with Crippen LogP contribution in [0.15, 0.2) is 53.4 Å². The number of rotatable bonds is 10. The molecule has 0 atom stereocenters. The number of nitrogens with zero attached hydrogens (tertiary/aromatic N) is 3. The van der Waals surface area contributed by atoms with Crippen molar-refractivity contribution < 1.29 is 27.4 Å². The molecule has 0 radical (unpaired) electrons. The lowest BCUT2D eigenvalue weighted by atomic mass is 10.1. The van der Waals surface area contributed by atoms with Crippen molar-refractivity contribution in [2.75, 3.05) is 57.1 Å². The molecule has 2 N–H and O–H groups in total. The molecule has 212 valence electrons. The van der Waals surface area contributed by atoms with Crippen molar-refractivity contribution in [3.8, 4) is 11.8 Å². The smallest absolute Gasteiger partial charge is 0.262 e. The second kappa shape index (κ2) is 11.7. The van der Waals surface area contributed by atoms with Crippen LogP contribution in [0.2, 0.25) is 0 Å². The number of anilines is 2. The number of aromatic nitrogens is 2. The van der Waals surface area contributed by atoms with Crippen molar-refractivity contribution in [2.45, 2.75) is 17.7 Å². The number of sulfonamides is 1. The van der Waals surface area contributed by atoms with Crippen LogP contribution < -0.4 is 19.5 Å². The third kappa shape index (κ3) is 5.83. The van der Waals surface area contributed by atoms with E-state index in [0.29, 0.717) is 18.0 Å². The molecule has 4 aromatic rings. The van der Waals surface area contributed by atoms with E-state index in [4.69, 9.17) is 14.2 Å². The van der Waals surface area contributed by atoms with Crippen LogP contribution >= 0.6 is 0 Å². The maximum atomic E-state index is 13.3. The second-order valence-electron chi connectivity index (χ2n) is 9.59. The van der Waals surface area contributed by atoms with E-state index in [-0.39, 0.29) is 22.4 Å². The number of carbonyl (C=O) groups is 1. The van der Waals surface area contributed by atoms with Gasteiger partial charge in [-0.25, -0.2) is 8.42 Å². The molecule has 2 aromatic carbocycles. The zero-order chi connectivity index (χ0) is 28.3. The SMILES string of the molecule is COc1ccc(NS(=O)(=O)c2ccc3c(c2)c2ccc(NC(=O)CCCN4CCOCC4)cc2n3C)c(OC)n1. The van der Waals surface area contributed by atoms with Crippen molar-refractivity contribution in [1.29, 1.82) is 0 Å². The fourth-order valence-electron chi connectivity index (χ4n) is 4.92. The summed E-state index contributed by atoms with van der Waals surface area (Å²) in [6, 6.07) is 13.7. The Hall–Kier alpha value is -3.87. The summed E-state index contributed by atoms with van der Waals surface area (Å²) >= 11 is 0. The number of ether oxygens (including phenoxy) is 3. The van der Waals surface area contributed by atoms with Crippen LogP contribution in [0.25, 0.3) is 21.8 Å². The number of aryl methyl sites for hydroxylation is 1. The number of fused-ring (bicyclic) bond motifs is 3. The predicted octanol–water partition coefficient (Wildman–Crippen LogP) is 3.60. The van der Waals surface area contributed by atoms with Crippen LogP contribution in [0.4, 0.5) is 11.4 Å². The van der Waals surface area contributed by atoms with Gasteiger partial charge >= 0.3 is 0 Å². The molecule has 1 aliphatic rings. The van der Waals surface area contributed by atoms with E-state index >= 15 is 0 Å². The number of hydrogen-bond acceptors (Lipinski definition) is 8. The fraction of sp³-hybridized carbons (Fsp3) is 0.357. The Balaban J connectivity index is 1.34. The van der Waals surface area contributed by atoms with Gasteiger partial charge in [-0.1, -0.05) is 6.07 Å². The quantitative estimate of drug-likeness (QED) is 0.298. The van der Waals surface area contributed by atoms with Crippen LogP contribution in [0.1, 0.15) is 12.8 Å². The maximum Gasteiger partial charge on any atom is 0.262 e. The summed E-state index contributed by atoms with van der Waals surface area (Å²) < 4.78 is 46.8. The molecule has 1 saturated heterocycles. The molecule has 11 nitrogen and oxygen atoms in total. The Labute approximate surface area is 233 Å². The largest absolute Gasteiger partial charge is 0.481 e. The first-order valence-electron chi connectivity index (χ1n) is 13.0. The maximum absolute atomic E-state index is 13.3.